The molecule has 9 nitrogen and oxygen atoms in total. The second-order valence-electron chi connectivity index (χ2n) is 7.83. The van der Waals surface area contributed by atoms with E-state index in [4.69, 9.17) is 15.3 Å². The second-order valence-corrected chi connectivity index (χ2v) is 7.83. The Morgan fingerprint density at radius 1 is 1.39 bits per heavy atom. The number of rotatable bonds is 6. The van der Waals surface area contributed by atoms with Crippen molar-refractivity contribution in [3.05, 3.63) is 29.1 Å². The van der Waals surface area contributed by atoms with Gasteiger partial charge in [-0.2, -0.15) is 0 Å². The van der Waals surface area contributed by atoms with Crippen LogP contribution in [0.2, 0.25) is 0 Å². The summed E-state index contributed by atoms with van der Waals surface area (Å²) in [5, 5.41) is 1.35. The lowest BCUT2D eigenvalue weighted by atomic mass is 10.1. The Kier molecular flexibility index (Phi) is 7.75. The Morgan fingerprint density at radius 3 is 2.94 bits per heavy atom. The predicted molar refractivity (Wildman–Crippen MR) is 118 cm³/mol. The number of hydrogen-bond donors (Lipinski definition) is 1. The Morgan fingerprint density at radius 2 is 2.19 bits per heavy atom. The summed E-state index contributed by atoms with van der Waals surface area (Å²) in [6.07, 6.45) is 4.16. The maximum absolute atomic E-state index is 13.0. The molecular weight excluding hydrogens is 398 g/mol. The highest BCUT2D eigenvalue weighted by atomic mass is 16.7. The first-order valence-electron chi connectivity index (χ1n) is 10.8. The van der Waals surface area contributed by atoms with Gasteiger partial charge in [-0.3, -0.25) is 19.4 Å². The summed E-state index contributed by atoms with van der Waals surface area (Å²) in [5.74, 6) is 0.183. The van der Waals surface area contributed by atoms with Gasteiger partial charge < -0.3 is 15.4 Å². The summed E-state index contributed by atoms with van der Waals surface area (Å²) in [5.41, 5.74) is 7.96. The smallest absolute Gasteiger partial charge is 0.273 e. The highest BCUT2D eigenvalue weighted by Gasteiger charge is 2.25. The van der Waals surface area contributed by atoms with Crippen molar-refractivity contribution in [1.29, 1.82) is 0 Å². The summed E-state index contributed by atoms with van der Waals surface area (Å²) in [7, 11) is 0. The molecule has 1 saturated heterocycles. The molecule has 0 saturated carbocycles. The van der Waals surface area contributed by atoms with Crippen LogP contribution in [0.3, 0.4) is 0 Å². The molecule has 1 aromatic rings. The summed E-state index contributed by atoms with van der Waals surface area (Å²) >= 11 is 0. The zero-order chi connectivity index (χ0) is 22.4. The van der Waals surface area contributed by atoms with E-state index < -0.39 is 0 Å². The number of hydroxylamine groups is 2. The predicted octanol–water partition coefficient (Wildman–Crippen LogP) is 2.16. The van der Waals surface area contributed by atoms with E-state index in [1.165, 1.54) is 11.3 Å². The maximum Gasteiger partial charge on any atom is 0.273 e. The number of carbonyl (C=O) groups excluding carboxylic acids is 2. The van der Waals surface area contributed by atoms with Gasteiger partial charge in [0.25, 0.3) is 11.8 Å². The molecule has 2 aliphatic heterocycles. The first-order chi connectivity index (χ1) is 14.9. The van der Waals surface area contributed by atoms with Gasteiger partial charge in [0.1, 0.15) is 5.84 Å². The largest absolute Gasteiger partial charge is 0.387 e. The summed E-state index contributed by atoms with van der Waals surface area (Å²) in [6.45, 7) is 9.06. The molecule has 1 aromatic heterocycles. The first-order valence-corrected chi connectivity index (χ1v) is 10.8. The Bertz CT molecular complexity index is 877. The third-order valence-corrected chi connectivity index (χ3v) is 5.03. The maximum atomic E-state index is 13.0. The van der Waals surface area contributed by atoms with Gasteiger partial charge in [-0.05, 0) is 31.4 Å². The molecule has 3 rings (SSSR count). The van der Waals surface area contributed by atoms with Crippen LogP contribution in [-0.2, 0) is 14.4 Å². The van der Waals surface area contributed by atoms with E-state index in [9.17, 15) is 9.59 Å². The number of fused-ring (bicyclic) bond motifs is 1. The van der Waals surface area contributed by atoms with E-state index in [-0.39, 0.29) is 30.0 Å². The number of ether oxygens (including phenoxy) is 1. The molecule has 1 unspecified atom stereocenters. The van der Waals surface area contributed by atoms with Gasteiger partial charge in [-0.1, -0.05) is 13.8 Å². The summed E-state index contributed by atoms with van der Waals surface area (Å²) in [4.78, 5) is 42.1. The minimum atomic E-state index is -0.254. The molecule has 168 valence electrons. The van der Waals surface area contributed by atoms with Crippen molar-refractivity contribution in [2.24, 2.45) is 16.6 Å². The normalized spacial score (nSPS) is 18.9. The van der Waals surface area contributed by atoms with Crippen molar-refractivity contribution in [2.75, 3.05) is 39.5 Å². The fraction of sp³-hybridized carbons (Fsp3) is 0.545. The fourth-order valence-electron chi connectivity index (χ4n) is 3.61. The van der Waals surface area contributed by atoms with Crippen molar-refractivity contribution in [3.8, 4) is 0 Å². The van der Waals surface area contributed by atoms with Crippen LogP contribution in [0.25, 0.3) is 6.08 Å². The average molecular weight is 430 g/mol. The molecule has 31 heavy (non-hydrogen) atoms. The molecular formula is C22H31N5O4. The minimum Gasteiger partial charge on any atom is -0.387 e. The molecule has 1 atom stereocenters. The lowest BCUT2D eigenvalue weighted by Gasteiger charge is -2.22. The van der Waals surface area contributed by atoms with E-state index in [2.05, 4.69) is 16.9 Å². The number of nitrogens with two attached hydrogens (primary N) is 1. The van der Waals surface area contributed by atoms with Crippen molar-refractivity contribution >= 4 is 29.4 Å². The molecule has 0 radical (unpaired) electrons. The molecule has 2 N–H and O–H groups in total. The zero-order valence-corrected chi connectivity index (χ0v) is 18.5. The van der Waals surface area contributed by atoms with Crippen molar-refractivity contribution in [2.45, 2.75) is 33.6 Å². The highest BCUT2D eigenvalue weighted by molar-refractivity contribution is 6.05. The Hall–Kier alpha value is -2.78. The van der Waals surface area contributed by atoms with Crippen molar-refractivity contribution in [1.82, 2.24) is 14.9 Å². The lowest BCUT2D eigenvalue weighted by molar-refractivity contribution is -0.180. The topological polar surface area (TPSA) is 110 Å². The van der Waals surface area contributed by atoms with Crippen molar-refractivity contribution < 1.29 is 19.2 Å². The Labute approximate surface area is 182 Å². The minimum absolute atomic E-state index is 0.114. The standard InChI is InChI=1S/C22H31N5O4/c1-4-6-27(31-5-2)22(29)16-9-18-19(25-20(23)11-16)10-17(12-24-18)21(28)26-7-8-30-14-15(3)13-26/h9-10,12,15H,4-8,11,13-14H2,1-3H3,(H2,23,25). The molecule has 0 aliphatic carbocycles. The van der Waals surface area contributed by atoms with Crippen LogP contribution in [0.1, 0.15) is 49.7 Å². The monoisotopic (exact) mass is 429 g/mol. The molecule has 2 amide bonds. The number of carbonyl (C=O) groups is 2. The van der Waals surface area contributed by atoms with Gasteiger partial charge in [0.15, 0.2) is 0 Å². The van der Waals surface area contributed by atoms with Crippen LogP contribution in [-0.4, -0.2) is 72.1 Å². The van der Waals surface area contributed by atoms with Gasteiger partial charge >= 0.3 is 0 Å². The first kappa shape index (κ1) is 22.9. The number of aromatic nitrogens is 1. The number of nitrogens with zero attached hydrogens (tertiary/aromatic N) is 4. The molecule has 0 bridgehead atoms. The molecule has 9 heteroatoms. The van der Waals surface area contributed by atoms with E-state index in [0.29, 0.717) is 62.0 Å². The third-order valence-electron chi connectivity index (χ3n) is 5.03. The van der Waals surface area contributed by atoms with E-state index in [1.807, 2.05) is 13.8 Å². The average Bonchev–Trinajstić information content (AvgIpc) is 3.06. The van der Waals surface area contributed by atoms with E-state index in [0.717, 1.165) is 6.42 Å². The summed E-state index contributed by atoms with van der Waals surface area (Å²) in [6, 6.07) is 1.68. The summed E-state index contributed by atoms with van der Waals surface area (Å²) < 4.78 is 5.53. The lowest BCUT2D eigenvalue weighted by Crippen LogP contribution is -2.35. The highest BCUT2D eigenvalue weighted by Crippen LogP contribution is 2.27. The number of amides is 2. The van der Waals surface area contributed by atoms with Gasteiger partial charge in [-0.25, -0.2) is 10.1 Å². The van der Waals surface area contributed by atoms with Gasteiger partial charge in [-0.15, -0.1) is 0 Å². The molecule has 1 fully saturated rings. The number of hydrogen-bond acceptors (Lipinski definition) is 7. The van der Waals surface area contributed by atoms with E-state index in [1.54, 1.807) is 17.0 Å². The third kappa shape index (κ3) is 5.68. The number of aliphatic imine (C=N–C) groups is 1. The fourth-order valence-corrected chi connectivity index (χ4v) is 3.61. The molecule has 0 aromatic carbocycles. The van der Waals surface area contributed by atoms with Gasteiger partial charge in [0.05, 0.1) is 36.8 Å². The quantitative estimate of drug-likeness (QED) is 0.694. The van der Waals surface area contributed by atoms with Crippen LogP contribution < -0.4 is 5.73 Å². The van der Waals surface area contributed by atoms with Gasteiger partial charge in [0.2, 0.25) is 0 Å². The van der Waals surface area contributed by atoms with Crippen LogP contribution >= 0.6 is 0 Å². The van der Waals surface area contributed by atoms with Crippen LogP contribution in [0.5, 0.6) is 0 Å². The SMILES string of the molecule is CCCN(OCC)C(=O)C1=Cc2ncc(C(=O)N3CCOCC(C)C3)cc2N=C(N)C1. The zero-order valence-electron chi connectivity index (χ0n) is 18.5. The van der Waals surface area contributed by atoms with Gasteiger partial charge in [0, 0.05) is 37.8 Å². The van der Waals surface area contributed by atoms with E-state index >= 15 is 0 Å². The molecule has 0 spiro atoms. The number of amidine groups is 1. The molecule has 2 aliphatic rings. The Balaban J connectivity index is 1.87. The second kappa shape index (κ2) is 10.5. The van der Waals surface area contributed by atoms with Crippen LogP contribution in [0, 0.1) is 5.92 Å². The van der Waals surface area contributed by atoms with Crippen LogP contribution in [0.15, 0.2) is 22.8 Å². The van der Waals surface area contributed by atoms with Crippen molar-refractivity contribution in [3.63, 3.8) is 0 Å². The number of pyridine rings is 1. The molecule has 3 heterocycles. The van der Waals surface area contributed by atoms with Crippen LogP contribution in [0.4, 0.5) is 5.69 Å².